The first-order valence-corrected chi connectivity index (χ1v) is 6.74. The maximum atomic E-state index is 9.21. The Kier molecular flexibility index (Phi) is 5.55. The van der Waals surface area contributed by atoms with Crippen LogP contribution in [0.3, 0.4) is 0 Å². The number of aliphatic hydroxyl groups is 1. The number of hydrogen-bond acceptors (Lipinski definition) is 5. The Morgan fingerprint density at radius 3 is 2.62 bits per heavy atom. The van der Waals surface area contributed by atoms with Gasteiger partial charge in [-0.25, -0.2) is 9.97 Å². The summed E-state index contributed by atoms with van der Waals surface area (Å²) in [4.78, 5) is 8.52. The summed E-state index contributed by atoms with van der Waals surface area (Å²) in [5.74, 6) is 0.760. The molecule has 0 radical (unpaired) electrons. The van der Waals surface area contributed by atoms with Crippen molar-refractivity contribution in [2.24, 2.45) is 0 Å². The monoisotopic (exact) mass is 241 g/mol. The Bertz CT molecular complexity index is 329. The second-order valence-corrected chi connectivity index (χ2v) is 4.32. The highest BCUT2D eigenvalue weighted by Crippen LogP contribution is 2.18. The van der Waals surface area contributed by atoms with Crippen LogP contribution in [0.25, 0.3) is 0 Å². The van der Waals surface area contributed by atoms with Crippen LogP contribution >= 0.6 is 11.8 Å². The SMILES string of the molecule is CCC(CC)Nc1nc(SC)ncc1CO. The topological polar surface area (TPSA) is 58.0 Å². The first-order chi connectivity index (χ1) is 7.74. The van der Waals surface area contributed by atoms with Gasteiger partial charge in [0.15, 0.2) is 5.16 Å². The van der Waals surface area contributed by atoms with E-state index in [2.05, 4.69) is 29.1 Å². The Labute approximate surface area is 101 Å². The first-order valence-electron chi connectivity index (χ1n) is 5.52. The van der Waals surface area contributed by atoms with Crippen LogP contribution in [-0.4, -0.2) is 27.4 Å². The standard InChI is InChI=1S/C11H19N3OS/c1-4-9(5-2)13-10-8(7-15)6-12-11(14-10)16-3/h6,9,15H,4-5,7H2,1-3H3,(H,12,13,14). The van der Waals surface area contributed by atoms with E-state index in [4.69, 9.17) is 0 Å². The fourth-order valence-electron chi connectivity index (χ4n) is 1.42. The number of aliphatic hydroxyl groups excluding tert-OH is 1. The quantitative estimate of drug-likeness (QED) is 0.591. The van der Waals surface area contributed by atoms with Crippen LogP contribution < -0.4 is 5.32 Å². The third kappa shape index (κ3) is 3.35. The minimum absolute atomic E-state index is 0.0306. The molecule has 0 aliphatic rings. The van der Waals surface area contributed by atoms with Gasteiger partial charge in [-0.3, -0.25) is 0 Å². The molecule has 0 spiro atoms. The number of aromatic nitrogens is 2. The lowest BCUT2D eigenvalue weighted by atomic mass is 10.1. The van der Waals surface area contributed by atoms with Crippen molar-refractivity contribution in [1.82, 2.24) is 9.97 Å². The molecule has 16 heavy (non-hydrogen) atoms. The second-order valence-electron chi connectivity index (χ2n) is 3.55. The number of nitrogens with one attached hydrogen (secondary N) is 1. The van der Waals surface area contributed by atoms with Gasteiger partial charge in [0, 0.05) is 17.8 Å². The maximum Gasteiger partial charge on any atom is 0.189 e. The lowest BCUT2D eigenvalue weighted by Gasteiger charge is -2.17. The average Bonchev–Trinajstić information content (AvgIpc) is 2.35. The molecule has 1 rings (SSSR count). The highest BCUT2D eigenvalue weighted by atomic mass is 32.2. The Morgan fingerprint density at radius 2 is 2.12 bits per heavy atom. The number of anilines is 1. The van der Waals surface area contributed by atoms with Gasteiger partial charge in [-0.2, -0.15) is 0 Å². The molecule has 1 aromatic rings. The van der Waals surface area contributed by atoms with E-state index in [0.717, 1.165) is 29.4 Å². The molecule has 90 valence electrons. The van der Waals surface area contributed by atoms with E-state index in [0.29, 0.717) is 6.04 Å². The number of nitrogens with zero attached hydrogens (tertiary/aromatic N) is 2. The number of hydrogen-bond donors (Lipinski definition) is 2. The van der Waals surface area contributed by atoms with Gasteiger partial charge in [-0.05, 0) is 19.1 Å². The highest BCUT2D eigenvalue weighted by molar-refractivity contribution is 7.98. The summed E-state index contributed by atoms with van der Waals surface area (Å²) < 4.78 is 0. The van der Waals surface area contributed by atoms with Crippen LogP contribution in [0, 0.1) is 0 Å². The van der Waals surface area contributed by atoms with Crippen LogP contribution in [-0.2, 0) is 6.61 Å². The molecular weight excluding hydrogens is 222 g/mol. The predicted octanol–water partition coefficient (Wildman–Crippen LogP) is 2.29. The number of rotatable bonds is 6. The lowest BCUT2D eigenvalue weighted by molar-refractivity contribution is 0.281. The van der Waals surface area contributed by atoms with Crippen molar-refractivity contribution in [1.29, 1.82) is 0 Å². The van der Waals surface area contributed by atoms with E-state index >= 15 is 0 Å². The molecule has 0 aromatic carbocycles. The molecule has 1 aromatic heterocycles. The average molecular weight is 241 g/mol. The van der Waals surface area contributed by atoms with Crippen LogP contribution in [0.2, 0.25) is 0 Å². The van der Waals surface area contributed by atoms with Crippen molar-refractivity contribution in [3.8, 4) is 0 Å². The van der Waals surface area contributed by atoms with Crippen molar-refractivity contribution in [3.63, 3.8) is 0 Å². The van der Waals surface area contributed by atoms with Crippen molar-refractivity contribution in [3.05, 3.63) is 11.8 Å². The van der Waals surface area contributed by atoms with Crippen molar-refractivity contribution in [2.75, 3.05) is 11.6 Å². The zero-order valence-electron chi connectivity index (χ0n) is 10.0. The first kappa shape index (κ1) is 13.3. The van der Waals surface area contributed by atoms with Gasteiger partial charge < -0.3 is 10.4 Å². The molecule has 0 fully saturated rings. The zero-order valence-corrected chi connectivity index (χ0v) is 10.8. The molecule has 5 heteroatoms. The van der Waals surface area contributed by atoms with E-state index < -0.39 is 0 Å². The summed E-state index contributed by atoms with van der Waals surface area (Å²) in [5, 5.41) is 13.3. The normalized spacial score (nSPS) is 10.8. The van der Waals surface area contributed by atoms with Gasteiger partial charge in [0.25, 0.3) is 0 Å². The van der Waals surface area contributed by atoms with Crippen molar-refractivity contribution in [2.45, 2.75) is 44.5 Å². The summed E-state index contributed by atoms with van der Waals surface area (Å²) in [5.41, 5.74) is 0.754. The molecule has 0 amide bonds. The van der Waals surface area contributed by atoms with Crippen LogP contribution in [0.1, 0.15) is 32.3 Å². The lowest BCUT2D eigenvalue weighted by Crippen LogP contribution is -2.19. The van der Waals surface area contributed by atoms with Gasteiger partial charge in [0.2, 0.25) is 0 Å². The van der Waals surface area contributed by atoms with Crippen LogP contribution in [0.15, 0.2) is 11.4 Å². The van der Waals surface area contributed by atoms with Gasteiger partial charge in [0.1, 0.15) is 5.82 Å². The fourth-order valence-corrected chi connectivity index (χ4v) is 1.76. The molecule has 0 aliphatic heterocycles. The summed E-state index contributed by atoms with van der Waals surface area (Å²) in [6, 6.07) is 0.398. The Hall–Kier alpha value is -0.810. The molecule has 0 atom stereocenters. The molecule has 0 bridgehead atoms. The van der Waals surface area contributed by atoms with Gasteiger partial charge in [0.05, 0.1) is 6.61 Å². The summed E-state index contributed by atoms with van der Waals surface area (Å²) in [6.45, 7) is 4.24. The summed E-state index contributed by atoms with van der Waals surface area (Å²) >= 11 is 1.50. The molecule has 4 nitrogen and oxygen atoms in total. The number of thioether (sulfide) groups is 1. The van der Waals surface area contributed by atoms with E-state index in [1.807, 2.05) is 6.26 Å². The van der Waals surface area contributed by atoms with E-state index in [1.54, 1.807) is 6.20 Å². The molecule has 2 N–H and O–H groups in total. The minimum atomic E-state index is -0.0306. The van der Waals surface area contributed by atoms with Crippen molar-refractivity contribution < 1.29 is 5.11 Å². The zero-order chi connectivity index (χ0) is 12.0. The third-order valence-electron chi connectivity index (χ3n) is 2.52. The fraction of sp³-hybridized carbons (Fsp3) is 0.636. The van der Waals surface area contributed by atoms with Gasteiger partial charge in [-0.15, -0.1) is 0 Å². The van der Waals surface area contributed by atoms with Gasteiger partial charge in [-0.1, -0.05) is 25.6 Å². The van der Waals surface area contributed by atoms with Gasteiger partial charge >= 0.3 is 0 Å². The predicted molar refractivity (Wildman–Crippen MR) is 67.7 cm³/mol. The largest absolute Gasteiger partial charge is 0.391 e. The highest BCUT2D eigenvalue weighted by Gasteiger charge is 2.09. The second kappa shape index (κ2) is 6.70. The van der Waals surface area contributed by atoms with Crippen LogP contribution in [0.4, 0.5) is 5.82 Å². The molecule has 0 unspecified atom stereocenters. The smallest absolute Gasteiger partial charge is 0.189 e. The van der Waals surface area contributed by atoms with Crippen molar-refractivity contribution >= 4 is 17.6 Å². The molecule has 1 heterocycles. The molecule has 0 saturated heterocycles. The maximum absolute atomic E-state index is 9.21. The van der Waals surface area contributed by atoms with E-state index in [-0.39, 0.29) is 6.61 Å². The third-order valence-corrected chi connectivity index (χ3v) is 3.08. The summed E-state index contributed by atoms with van der Waals surface area (Å²) in [7, 11) is 0. The van der Waals surface area contributed by atoms with Crippen LogP contribution in [0.5, 0.6) is 0 Å². The van der Waals surface area contributed by atoms with E-state index in [1.165, 1.54) is 11.8 Å². The Balaban J connectivity index is 2.90. The summed E-state index contributed by atoms with van der Waals surface area (Å²) in [6.07, 6.45) is 5.71. The molecule has 0 aliphatic carbocycles. The molecule has 0 saturated carbocycles. The Morgan fingerprint density at radius 1 is 1.44 bits per heavy atom. The van der Waals surface area contributed by atoms with E-state index in [9.17, 15) is 5.11 Å². The minimum Gasteiger partial charge on any atom is -0.391 e. The molecular formula is C11H19N3OS.